The SMILES string of the molecule is COc1cc(Nc2cccc(-n3ccc4c3CCCC4=O)c2)cc(OC)c1OC. The third-order valence-corrected chi connectivity index (χ3v) is 5.19. The molecule has 0 unspecified atom stereocenters. The van der Waals surface area contributed by atoms with Crippen molar-refractivity contribution in [3.63, 3.8) is 0 Å². The van der Waals surface area contributed by atoms with Crippen molar-refractivity contribution in [1.82, 2.24) is 4.57 Å². The monoisotopic (exact) mass is 392 g/mol. The van der Waals surface area contributed by atoms with Gasteiger partial charge in [0.15, 0.2) is 17.3 Å². The number of nitrogens with zero attached hydrogens (tertiary/aromatic N) is 1. The van der Waals surface area contributed by atoms with Crippen molar-refractivity contribution in [1.29, 1.82) is 0 Å². The largest absolute Gasteiger partial charge is 0.493 e. The van der Waals surface area contributed by atoms with E-state index in [4.69, 9.17) is 14.2 Å². The number of methoxy groups -OCH3 is 3. The first-order chi connectivity index (χ1) is 14.1. The van der Waals surface area contributed by atoms with Gasteiger partial charge in [0.25, 0.3) is 0 Å². The van der Waals surface area contributed by atoms with Crippen LogP contribution < -0.4 is 19.5 Å². The van der Waals surface area contributed by atoms with Crippen molar-refractivity contribution in [3.8, 4) is 22.9 Å². The minimum Gasteiger partial charge on any atom is -0.493 e. The van der Waals surface area contributed by atoms with Gasteiger partial charge in [0.2, 0.25) is 5.75 Å². The fourth-order valence-electron chi connectivity index (χ4n) is 3.82. The summed E-state index contributed by atoms with van der Waals surface area (Å²) >= 11 is 0. The number of rotatable bonds is 6. The van der Waals surface area contributed by atoms with Gasteiger partial charge in [-0.25, -0.2) is 0 Å². The molecule has 1 N–H and O–H groups in total. The van der Waals surface area contributed by atoms with Crippen LogP contribution in [0, 0.1) is 0 Å². The number of fused-ring (bicyclic) bond motifs is 1. The van der Waals surface area contributed by atoms with Gasteiger partial charge >= 0.3 is 0 Å². The van der Waals surface area contributed by atoms with Crippen molar-refractivity contribution < 1.29 is 19.0 Å². The summed E-state index contributed by atoms with van der Waals surface area (Å²) in [7, 11) is 4.77. The smallest absolute Gasteiger partial charge is 0.203 e. The van der Waals surface area contributed by atoms with Gasteiger partial charge in [-0.2, -0.15) is 0 Å². The average molecular weight is 392 g/mol. The van der Waals surface area contributed by atoms with E-state index in [1.54, 1.807) is 21.3 Å². The Kier molecular flexibility index (Phi) is 5.16. The number of hydrogen-bond acceptors (Lipinski definition) is 5. The van der Waals surface area contributed by atoms with Gasteiger partial charge in [-0.05, 0) is 37.1 Å². The van der Waals surface area contributed by atoms with Crippen molar-refractivity contribution in [2.24, 2.45) is 0 Å². The molecule has 2 aromatic carbocycles. The molecular formula is C23H24N2O4. The third kappa shape index (κ3) is 3.53. The molecule has 0 radical (unpaired) electrons. The van der Waals surface area contributed by atoms with Crippen LogP contribution in [0.2, 0.25) is 0 Å². The first-order valence-corrected chi connectivity index (χ1v) is 9.55. The molecule has 0 saturated carbocycles. The number of ether oxygens (including phenoxy) is 3. The summed E-state index contributed by atoms with van der Waals surface area (Å²) in [6.07, 6.45) is 4.43. The van der Waals surface area contributed by atoms with Crippen LogP contribution in [0.4, 0.5) is 11.4 Å². The molecule has 1 aliphatic rings. The number of carbonyl (C=O) groups excluding carboxylic acids is 1. The van der Waals surface area contributed by atoms with Gasteiger partial charge < -0.3 is 24.1 Å². The Morgan fingerprint density at radius 1 is 0.897 bits per heavy atom. The summed E-state index contributed by atoms with van der Waals surface area (Å²) in [6.45, 7) is 0. The standard InChI is InChI=1S/C23H24N2O4/c1-27-21-13-16(14-22(28-2)23(21)29-3)24-15-6-4-7-17(12-15)25-11-10-18-19(25)8-5-9-20(18)26/h4,6-7,10-14,24H,5,8-9H2,1-3H3. The summed E-state index contributed by atoms with van der Waals surface area (Å²) in [4.78, 5) is 12.2. The number of benzene rings is 2. The first kappa shape index (κ1) is 18.9. The van der Waals surface area contributed by atoms with Crippen molar-refractivity contribution in [2.45, 2.75) is 19.3 Å². The summed E-state index contributed by atoms with van der Waals surface area (Å²) < 4.78 is 18.4. The van der Waals surface area contributed by atoms with Crippen molar-refractivity contribution >= 4 is 17.2 Å². The maximum atomic E-state index is 12.2. The van der Waals surface area contributed by atoms with Gasteiger partial charge in [-0.15, -0.1) is 0 Å². The van der Waals surface area contributed by atoms with Crippen LogP contribution in [-0.4, -0.2) is 31.7 Å². The normalized spacial score (nSPS) is 13.0. The van der Waals surface area contributed by atoms with E-state index in [0.717, 1.165) is 41.2 Å². The Morgan fingerprint density at radius 3 is 2.34 bits per heavy atom. The molecule has 1 heterocycles. The molecular weight excluding hydrogens is 368 g/mol. The summed E-state index contributed by atoms with van der Waals surface area (Å²) in [5, 5.41) is 3.40. The van der Waals surface area contributed by atoms with Crippen LogP contribution in [0.1, 0.15) is 28.9 Å². The predicted octanol–water partition coefficient (Wildman–Crippen LogP) is 4.77. The Balaban J connectivity index is 1.66. The molecule has 0 spiro atoms. The van der Waals surface area contributed by atoms with Gasteiger partial charge in [0, 0.05) is 53.1 Å². The Hall–Kier alpha value is -3.41. The molecule has 0 amide bonds. The molecule has 0 fully saturated rings. The Morgan fingerprint density at radius 2 is 1.66 bits per heavy atom. The van der Waals surface area contributed by atoms with Gasteiger partial charge in [0.1, 0.15) is 0 Å². The number of Topliss-reactive ketones (excluding diaryl/α,β-unsaturated/α-hetero) is 1. The lowest BCUT2D eigenvalue weighted by molar-refractivity contribution is 0.0972. The highest BCUT2D eigenvalue weighted by molar-refractivity contribution is 5.98. The fraction of sp³-hybridized carbons (Fsp3) is 0.261. The van der Waals surface area contributed by atoms with Crippen LogP contribution in [0.25, 0.3) is 5.69 Å². The summed E-state index contributed by atoms with van der Waals surface area (Å²) in [5.41, 5.74) is 4.69. The Labute approximate surface area is 170 Å². The van der Waals surface area contributed by atoms with Crippen LogP contribution >= 0.6 is 0 Å². The van der Waals surface area contributed by atoms with E-state index in [1.807, 2.05) is 42.6 Å². The van der Waals surface area contributed by atoms with E-state index in [9.17, 15) is 4.79 Å². The predicted molar refractivity (Wildman–Crippen MR) is 112 cm³/mol. The zero-order valence-corrected chi connectivity index (χ0v) is 16.8. The minimum absolute atomic E-state index is 0.233. The second-order valence-electron chi connectivity index (χ2n) is 6.91. The fourth-order valence-corrected chi connectivity index (χ4v) is 3.82. The highest BCUT2D eigenvalue weighted by Crippen LogP contribution is 2.40. The molecule has 29 heavy (non-hydrogen) atoms. The van der Waals surface area contributed by atoms with Crippen molar-refractivity contribution in [2.75, 3.05) is 26.6 Å². The molecule has 0 atom stereocenters. The molecule has 1 aromatic heterocycles. The zero-order chi connectivity index (χ0) is 20.4. The summed E-state index contributed by atoms with van der Waals surface area (Å²) in [6, 6.07) is 13.7. The van der Waals surface area contributed by atoms with Gasteiger partial charge in [-0.3, -0.25) is 4.79 Å². The van der Waals surface area contributed by atoms with Crippen molar-refractivity contribution in [3.05, 3.63) is 59.9 Å². The molecule has 3 aromatic rings. The number of anilines is 2. The minimum atomic E-state index is 0.233. The van der Waals surface area contributed by atoms with E-state index in [0.29, 0.717) is 23.7 Å². The molecule has 1 aliphatic carbocycles. The average Bonchev–Trinajstić information content (AvgIpc) is 3.18. The molecule has 6 nitrogen and oxygen atoms in total. The molecule has 0 saturated heterocycles. The lowest BCUT2D eigenvalue weighted by atomic mass is 9.97. The van der Waals surface area contributed by atoms with Crippen LogP contribution in [0.15, 0.2) is 48.7 Å². The van der Waals surface area contributed by atoms with Crippen LogP contribution in [-0.2, 0) is 6.42 Å². The van der Waals surface area contributed by atoms with E-state index < -0.39 is 0 Å². The zero-order valence-electron chi connectivity index (χ0n) is 16.8. The highest BCUT2D eigenvalue weighted by Gasteiger charge is 2.21. The number of hydrogen-bond donors (Lipinski definition) is 1. The molecule has 0 bridgehead atoms. The van der Waals surface area contributed by atoms with Gasteiger partial charge in [0.05, 0.1) is 21.3 Å². The third-order valence-electron chi connectivity index (χ3n) is 5.19. The molecule has 0 aliphatic heterocycles. The van der Waals surface area contributed by atoms with E-state index >= 15 is 0 Å². The molecule has 4 rings (SSSR count). The van der Waals surface area contributed by atoms with Gasteiger partial charge in [-0.1, -0.05) is 6.07 Å². The van der Waals surface area contributed by atoms with Crippen LogP contribution in [0.5, 0.6) is 17.2 Å². The number of carbonyl (C=O) groups is 1. The highest BCUT2D eigenvalue weighted by atomic mass is 16.5. The lowest BCUT2D eigenvalue weighted by Gasteiger charge is -2.17. The second-order valence-corrected chi connectivity index (χ2v) is 6.91. The van der Waals surface area contributed by atoms with Crippen LogP contribution in [0.3, 0.4) is 0 Å². The topological polar surface area (TPSA) is 61.7 Å². The second kappa shape index (κ2) is 7.91. The van der Waals surface area contributed by atoms with E-state index in [-0.39, 0.29) is 5.78 Å². The quantitative estimate of drug-likeness (QED) is 0.655. The first-order valence-electron chi connectivity index (χ1n) is 9.55. The number of aromatic nitrogens is 1. The van der Waals surface area contributed by atoms with E-state index in [1.165, 1.54) is 0 Å². The lowest BCUT2D eigenvalue weighted by Crippen LogP contribution is -2.12. The molecule has 150 valence electrons. The summed E-state index contributed by atoms with van der Waals surface area (Å²) in [5.74, 6) is 1.96. The Bertz CT molecular complexity index is 1030. The molecule has 6 heteroatoms. The number of ketones is 1. The number of nitrogens with one attached hydrogen (secondary N) is 1. The maximum absolute atomic E-state index is 12.2. The van der Waals surface area contributed by atoms with E-state index in [2.05, 4.69) is 16.0 Å². The maximum Gasteiger partial charge on any atom is 0.203 e.